The van der Waals surface area contributed by atoms with E-state index in [1.165, 1.54) is 17.7 Å². The van der Waals surface area contributed by atoms with Crippen LogP contribution in [0.5, 0.6) is 0 Å². The number of rotatable bonds is 6. The summed E-state index contributed by atoms with van der Waals surface area (Å²) in [6.07, 6.45) is 1.51. The Morgan fingerprint density at radius 2 is 2.44 bits per heavy atom. The van der Waals surface area contributed by atoms with Crippen molar-refractivity contribution in [3.63, 3.8) is 0 Å². The van der Waals surface area contributed by atoms with Crippen LogP contribution in [0.15, 0.2) is 16.0 Å². The van der Waals surface area contributed by atoms with E-state index in [4.69, 9.17) is 5.11 Å². The Morgan fingerprint density at radius 1 is 1.61 bits per heavy atom. The lowest BCUT2D eigenvalue weighted by atomic mass is 10.3. The van der Waals surface area contributed by atoms with Gasteiger partial charge < -0.3 is 5.11 Å². The van der Waals surface area contributed by atoms with Crippen molar-refractivity contribution in [2.45, 2.75) is 30.0 Å². The van der Waals surface area contributed by atoms with E-state index in [2.05, 4.69) is 15.1 Å². The van der Waals surface area contributed by atoms with Crippen LogP contribution in [0.3, 0.4) is 0 Å². The van der Waals surface area contributed by atoms with Crippen LogP contribution >= 0.6 is 23.1 Å². The standard InChI is InChI=1S/C10H12N4O2S2/c1-2-14-8(11-6-12-14)5-18-10-13-7(4-17-10)3-9(15)16/h4,6H,2-3,5H2,1H3,(H,15,16). The molecule has 2 rings (SSSR count). The lowest BCUT2D eigenvalue weighted by molar-refractivity contribution is -0.136. The van der Waals surface area contributed by atoms with Gasteiger partial charge >= 0.3 is 5.97 Å². The van der Waals surface area contributed by atoms with Crippen LogP contribution in [-0.4, -0.2) is 30.8 Å². The minimum absolute atomic E-state index is 0.0256. The van der Waals surface area contributed by atoms with Crippen molar-refractivity contribution in [2.75, 3.05) is 0 Å². The number of aromatic nitrogens is 4. The average molecular weight is 284 g/mol. The maximum absolute atomic E-state index is 10.5. The lowest BCUT2D eigenvalue weighted by Crippen LogP contribution is -2.02. The van der Waals surface area contributed by atoms with Crippen molar-refractivity contribution in [2.24, 2.45) is 0 Å². The number of nitrogens with zero attached hydrogens (tertiary/aromatic N) is 4. The molecule has 0 atom stereocenters. The van der Waals surface area contributed by atoms with Gasteiger partial charge in [-0.1, -0.05) is 11.8 Å². The van der Waals surface area contributed by atoms with Gasteiger partial charge in [-0.2, -0.15) is 5.10 Å². The molecular weight excluding hydrogens is 272 g/mol. The lowest BCUT2D eigenvalue weighted by Gasteiger charge is -2.00. The summed E-state index contributed by atoms with van der Waals surface area (Å²) in [7, 11) is 0. The summed E-state index contributed by atoms with van der Waals surface area (Å²) in [6, 6.07) is 0. The molecule has 0 saturated carbocycles. The van der Waals surface area contributed by atoms with Gasteiger partial charge in [0.15, 0.2) is 4.34 Å². The molecule has 2 aromatic heterocycles. The Hall–Kier alpha value is -1.41. The molecule has 18 heavy (non-hydrogen) atoms. The van der Waals surface area contributed by atoms with Gasteiger partial charge in [-0.25, -0.2) is 14.6 Å². The summed E-state index contributed by atoms with van der Waals surface area (Å²) in [5.41, 5.74) is 0.604. The first-order valence-electron chi connectivity index (χ1n) is 5.34. The summed E-state index contributed by atoms with van der Waals surface area (Å²) in [4.78, 5) is 19.0. The van der Waals surface area contributed by atoms with Gasteiger partial charge in [0.25, 0.3) is 0 Å². The third-order valence-electron chi connectivity index (χ3n) is 2.18. The van der Waals surface area contributed by atoms with Crippen LogP contribution in [0, 0.1) is 0 Å². The second-order valence-electron chi connectivity index (χ2n) is 3.46. The zero-order valence-corrected chi connectivity index (χ0v) is 11.4. The highest BCUT2D eigenvalue weighted by Crippen LogP contribution is 2.25. The number of carboxylic acid groups (broad SMARTS) is 1. The molecule has 2 aromatic rings. The summed E-state index contributed by atoms with van der Waals surface area (Å²) >= 11 is 3.00. The van der Waals surface area contributed by atoms with Crippen LogP contribution in [0.4, 0.5) is 0 Å². The molecule has 0 unspecified atom stereocenters. The predicted molar refractivity (Wildman–Crippen MR) is 68.7 cm³/mol. The van der Waals surface area contributed by atoms with Crippen LogP contribution in [-0.2, 0) is 23.5 Å². The highest BCUT2D eigenvalue weighted by Gasteiger charge is 2.08. The molecule has 8 heteroatoms. The minimum atomic E-state index is -0.859. The molecule has 0 aliphatic carbocycles. The fraction of sp³-hybridized carbons (Fsp3) is 0.400. The molecule has 0 radical (unpaired) electrons. The Balaban J connectivity index is 1.94. The van der Waals surface area contributed by atoms with Crippen molar-refractivity contribution >= 4 is 29.1 Å². The summed E-state index contributed by atoms with van der Waals surface area (Å²) in [5, 5.41) is 14.5. The van der Waals surface area contributed by atoms with Crippen molar-refractivity contribution in [3.8, 4) is 0 Å². The summed E-state index contributed by atoms with van der Waals surface area (Å²) < 4.78 is 2.69. The van der Waals surface area contributed by atoms with E-state index in [9.17, 15) is 4.79 Å². The Labute approximate surface area is 112 Å². The molecular formula is C10H12N4O2S2. The highest BCUT2D eigenvalue weighted by atomic mass is 32.2. The Morgan fingerprint density at radius 3 is 3.17 bits per heavy atom. The second-order valence-corrected chi connectivity index (χ2v) is 5.54. The monoisotopic (exact) mass is 284 g/mol. The van der Waals surface area contributed by atoms with Gasteiger partial charge in [0, 0.05) is 11.9 Å². The van der Waals surface area contributed by atoms with E-state index in [1.807, 2.05) is 11.6 Å². The first-order valence-corrected chi connectivity index (χ1v) is 7.21. The molecule has 0 saturated heterocycles. The number of aliphatic carboxylic acids is 1. The van der Waals surface area contributed by atoms with Gasteiger partial charge in [-0.05, 0) is 6.92 Å². The molecule has 0 fully saturated rings. The molecule has 1 N–H and O–H groups in total. The van der Waals surface area contributed by atoms with Gasteiger partial charge in [0.05, 0.1) is 17.9 Å². The molecule has 0 aliphatic rings. The molecule has 0 bridgehead atoms. The van der Waals surface area contributed by atoms with E-state index < -0.39 is 5.97 Å². The Kier molecular flexibility index (Phi) is 4.32. The topological polar surface area (TPSA) is 80.9 Å². The van der Waals surface area contributed by atoms with Crippen LogP contribution in [0.1, 0.15) is 18.4 Å². The molecule has 0 aliphatic heterocycles. The molecule has 96 valence electrons. The first-order chi connectivity index (χ1) is 8.69. The number of carboxylic acids is 1. The maximum atomic E-state index is 10.5. The van der Waals surface area contributed by atoms with Crippen LogP contribution in [0.25, 0.3) is 0 Å². The van der Waals surface area contributed by atoms with Gasteiger partial charge in [-0.15, -0.1) is 11.3 Å². The van der Waals surface area contributed by atoms with Crippen LogP contribution in [0.2, 0.25) is 0 Å². The number of aryl methyl sites for hydroxylation is 1. The average Bonchev–Trinajstić information content (AvgIpc) is 2.93. The van der Waals surface area contributed by atoms with E-state index in [0.717, 1.165) is 16.7 Å². The molecule has 6 nitrogen and oxygen atoms in total. The van der Waals surface area contributed by atoms with Crippen molar-refractivity contribution in [1.29, 1.82) is 0 Å². The molecule has 0 amide bonds. The van der Waals surface area contributed by atoms with E-state index >= 15 is 0 Å². The first kappa shape index (κ1) is 13.0. The summed E-state index contributed by atoms with van der Waals surface area (Å²) in [6.45, 7) is 2.80. The highest BCUT2D eigenvalue weighted by molar-refractivity contribution is 8.00. The van der Waals surface area contributed by atoms with Crippen LogP contribution < -0.4 is 0 Å². The fourth-order valence-corrected chi connectivity index (χ4v) is 3.18. The third kappa shape index (κ3) is 3.30. The van der Waals surface area contributed by atoms with Gasteiger partial charge in [0.2, 0.25) is 0 Å². The smallest absolute Gasteiger partial charge is 0.309 e. The van der Waals surface area contributed by atoms with E-state index in [-0.39, 0.29) is 6.42 Å². The second kappa shape index (κ2) is 5.96. The van der Waals surface area contributed by atoms with Crippen molar-refractivity contribution in [1.82, 2.24) is 19.7 Å². The Bertz CT molecular complexity index is 537. The summed E-state index contributed by atoms with van der Waals surface area (Å²) in [5.74, 6) is 0.730. The van der Waals surface area contributed by atoms with Crippen molar-refractivity contribution < 1.29 is 9.90 Å². The fourth-order valence-electron chi connectivity index (χ4n) is 1.38. The molecule has 0 spiro atoms. The van der Waals surface area contributed by atoms with Crippen molar-refractivity contribution in [3.05, 3.63) is 23.2 Å². The molecule has 2 heterocycles. The normalized spacial score (nSPS) is 10.7. The quantitative estimate of drug-likeness (QED) is 0.813. The predicted octanol–water partition coefficient (Wildman–Crippen LogP) is 1.67. The van der Waals surface area contributed by atoms with E-state index in [0.29, 0.717) is 11.4 Å². The third-order valence-corrected chi connectivity index (χ3v) is 4.25. The number of hydrogen-bond donors (Lipinski definition) is 1. The number of hydrogen-bond acceptors (Lipinski definition) is 6. The zero-order valence-electron chi connectivity index (χ0n) is 9.74. The van der Waals surface area contributed by atoms with E-state index in [1.54, 1.807) is 17.1 Å². The number of thioether (sulfide) groups is 1. The van der Waals surface area contributed by atoms with Gasteiger partial charge in [-0.3, -0.25) is 4.79 Å². The largest absolute Gasteiger partial charge is 0.481 e. The number of carbonyl (C=O) groups is 1. The zero-order chi connectivity index (χ0) is 13.0. The SMILES string of the molecule is CCn1ncnc1CSc1nc(CC(=O)O)cs1. The molecule has 0 aromatic carbocycles. The minimum Gasteiger partial charge on any atom is -0.481 e. The maximum Gasteiger partial charge on any atom is 0.309 e. The van der Waals surface area contributed by atoms with Gasteiger partial charge in [0.1, 0.15) is 12.2 Å². The number of thiazole rings is 1.